The number of hydrogen-bond donors (Lipinski definition) is 1. The topological polar surface area (TPSA) is 40.5 Å². The third-order valence-corrected chi connectivity index (χ3v) is 3.97. The Labute approximate surface area is 115 Å². The lowest BCUT2D eigenvalue weighted by atomic mass is 10.0. The molecule has 1 unspecified atom stereocenters. The number of hydrogen-bond acceptors (Lipinski definition) is 2. The SMILES string of the molecule is CCc1ccc(CN2CCC(CCC(=O)O)C2)cc1. The summed E-state index contributed by atoms with van der Waals surface area (Å²) < 4.78 is 0. The minimum atomic E-state index is -0.673. The summed E-state index contributed by atoms with van der Waals surface area (Å²) in [4.78, 5) is 13.0. The van der Waals surface area contributed by atoms with Crippen molar-refractivity contribution in [2.45, 2.75) is 39.2 Å². The molecule has 3 nitrogen and oxygen atoms in total. The lowest BCUT2D eigenvalue weighted by molar-refractivity contribution is -0.137. The maximum Gasteiger partial charge on any atom is 0.303 e. The number of benzene rings is 1. The van der Waals surface area contributed by atoms with Gasteiger partial charge in [0, 0.05) is 19.5 Å². The highest BCUT2D eigenvalue weighted by atomic mass is 16.4. The average Bonchev–Trinajstić information content (AvgIpc) is 2.85. The largest absolute Gasteiger partial charge is 0.481 e. The second-order valence-corrected chi connectivity index (χ2v) is 5.49. The fraction of sp³-hybridized carbons (Fsp3) is 0.562. The molecule has 2 rings (SSSR count). The van der Waals surface area contributed by atoms with Gasteiger partial charge >= 0.3 is 5.97 Å². The van der Waals surface area contributed by atoms with Crippen molar-refractivity contribution >= 4 is 5.97 Å². The number of nitrogens with zero attached hydrogens (tertiary/aromatic N) is 1. The van der Waals surface area contributed by atoms with Crippen LogP contribution < -0.4 is 0 Å². The van der Waals surface area contributed by atoms with Crippen molar-refractivity contribution in [1.82, 2.24) is 4.90 Å². The maximum absolute atomic E-state index is 10.6. The highest BCUT2D eigenvalue weighted by Crippen LogP contribution is 2.22. The molecule has 1 aromatic rings. The van der Waals surface area contributed by atoms with Crippen molar-refractivity contribution < 1.29 is 9.90 Å². The Morgan fingerprint density at radius 1 is 1.32 bits per heavy atom. The van der Waals surface area contributed by atoms with E-state index < -0.39 is 5.97 Å². The van der Waals surface area contributed by atoms with E-state index >= 15 is 0 Å². The standard InChI is InChI=1S/C16H23NO2/c1-2-13-3-5-14(6-4-13)11-17-10-9-15(12-17)7-8-16(18)19/h3-6,15H,2,7-12H2,1H3,(H,18,19). The summed E-state index contributed by atoms with van der Waals surface area (Å²) in [6, 6.07) is 8.83. The minimum Gasteiger partial charge on any atom is -0.481 e. The van der Waals surface area contributed by atoms with Gasteiger partial charge in [0.1, 0.15) is 0 Å². The van der Waals surface area contributed by atoms with Crippen LogP contribution in [0.1, 0.15) is 37.3 Å². The van der Waals surface area contributed by atoms with Gasteiger partial charge in [-0.05, 0) is 42.9 Å². The first kappa shape index (κ1) is 14.1. The molecule has 1 fully saturated rings. The number of aliphatic carboxylic acids is 1. The first-order chi connectivity index (χ1) is 9.17. The molecule has 1 heterocycles. The summed E-state index contributed by atoms with van der Waals surface area (Å²) in [5.41, 5.74) is 2.74. The van der Waals surface area contributed by atoms with E-state index in [1.54, 1.807) is 0 Å². The Morgan fingerprint density at radius 2 is 2.00 bits per heavy atom. The van der Waals surface area contributed by atoms with E-state index in [9.17, 15) is 4.79 Å². The molecule has 1 aliphatic rings. The van der Waals surface area contributed by atoms with Crippen molar-refractivity contribution in [2.24, 2.45) is 5.92 Å². The van der Waals surface area contributed by atoms with E-state index in [1.165, 1.54) is 11.1 Å². The van der Waals surface area contributed by atoms with Gasteiger partial charge in [-0.3, -0.25) is 9.69 Å². The quantitative estimate of drug-likeness (QED) is 0.856. The van der Waals surface area contributed by atoms with E-state index in [4.69, 9.17) is 5.11 Å². The van der Waals surface area contributed by atoms with Crippen LogP contribution in [-0.2, 0) is 17.8 Å². The molecule has 0 aromatic heterocycles. The molecular weight excluding hydrogens is 238 g/mol. The van der Waals surface area contributed by atoms with E-state index in [0.29, 0.717) is 12.3 Å². The number of carbonyl (C=O) groups is 1. The van der Waals surface area contributed by atoms with Gasteiger partial charge in [-0.15, -0.1) is 0 Å². The van der Waals surface area contributed by atoms with Crippen molar-refractivity contribution in [3.05, 3.63) is 35.4 Å². The summed E-state index contributed by atoms with van der Waals surface area (Å²) in [6.07, 6.45) is 3.35. The smallest absolute Gasteiger partial charge is 0.303 e. The predicted octanol–water partition coefficient (Wildman–Crippen LogP) is 2.94. The van der Waals surface area contributed by atoms with Crippen LogP contribution in [0.15, 0.2) is 24.3 Å². The first-order valence-corrected chi connectivity index (χ1v) is 7.19. The molecule has 0 radical (unpaired) electrons. The monoisotopic (exact) mass is 261 g/mol. The third kappa shape index (κ3) is 4.35. The molecular formula is C16H23NO2. The Bertz CT molecular complexity index is 413. The minimum absolute atomic E-state index is 0.309. The summed E-state index contributed by atoms with van der Waals surface area (Å²) in [7, 11) is 0. The van der Waals surface area contributed by atoms with Crippen LogP contribution in [0.25, 0.3) is 0 Å². The first-order valence-electron chi connectivity index (χ1n) is 7.19. The lowest BCUT2D eigenvalue weighted by Gasteiger charge is -2.16. The van der Waals surface area contributed by atoms with Gasteiger partial charge in [-0.2, -0.15) is 0 Å². The molecule has 1 aromatic carbocycles. The summed E-state index contributed by atoms with van der Waals surface area (Å²) in [5.74, 6) is -0.111. The van der Waals surface area contributed by atoms with Crippen LogP contribution in [0.4, 0.5) is 0 Å². The van der Waals surface area contributed by atoms with Crippen LogP contribution in [-0.4, -0.2) is 29.1 Å². The van der Waals surface area contributed by atoms with Crippen molar-refractivity contribution in [3.63, 3.8) is 0 Å². The Balaban J connectivity index is 1.79. The van der Waals surface area contributed by atoms with Gasteiger partial charge in [0.25, 0.3) is 0 Å². The third-order valence-electron chi connectivity index (χ3n) is 3.97. The Morgan fingerprint density at radius 3 is 2.63 bits per heavy atom. The zero-order chi connectivity index (χ0) is 13.7. The Kier molecular flexibility index (Phi) is 4.97. The van der Waals surface area contributed by atoms with Crippen LogP contribution in [0.2, 0.25) is 0 Å². The number of rotatable bonds is 6. The average molecular weight is 261 g/mol. The summed E-state index contributed by atoms with van der Waals surface area (Å²) >= 11 is 0. The second-order valence-electron chi connectivity index (χ2n) is 5.49. The van der Waals surface area contributed by atoms with Crippen molar-refractivity contribution in [3.8, 4) is 0 Å². The molecule has 0 aliphatic carbocycles. The van der Waals surface area contributed by atoms with Crippen LogP contribution in [0, 0.1) is 5.92 Å². The molecule has 0 bridgehead atoms. The van der Waals surface area contributed by atoms with Crippen LogP contribution in [0.5, 0.6) is 0 Å². The van der Waals surface area contributed by atoms with Crippen molar-refractivity contribution in [1.29, 1.82) is 0 Å². The molecule has 3 heteroatoms. The van der Waals surface area contributed by atoms with Crippen LogP contribution in [0.3, 0.4) is 0 Å². The highest BCUT2D eigenvalue weighted by Gasteiger charge is 2.22. The van der Waals surface area contributed by atoms with E-state index in [1.807, 2.05) is 0 Å². The fourth-order valence-electron chi connectivity index (χ4n) is 2.76. The number of carboxylic acids is 1. The van der Waals surface area contributed by atoms with Gasteiger partial charge in [0.2, 0.25) is 0 Å². The fourth-order valence-corrected chi connectivity index (χ4v) is 2.76. The predicted molar refractivity (Wildman–Crippen MR) is 76.1 cm³/mol. The molecule has 0 spiro atoms. The van der Waals surface area contributed by atoms with Crippen LogP contribution >= 0.6 is 0 Å². The van der Waals surface area contributed by atoms with Gasteiger partial charge in [0.15, 0.2) is 0 Å². The zero-order valence-electron chi connectivity index (χ0n) is 11.6. The lowest BCUT2D eigenvalue weighted by Crippen LogP contribution is -2.20. The van der Waals surface area contributed by atoms with Gasteiger partial charge < -0.3 is 5.11 Å². The van der Waals surface area contributed by atoms with E-state index in [2.05, 4.69) is 36.1 Å². The molecule has 1 aliphatic heterocycles. The molecule has 104 valence electrons. The summed E-state index contributed by atoms with van der Waals surface area (Å²) in [6.45, 7) is 5.30. The Hall–Kier alpha value is -1.35. The van der Waals surface area contributed by atoms with Gasteiger partial charge in [-0.25, -0.2) is 0 Å². The summed E-state index contributed by atoms with van der Waals surface area (Å²) in [5, 5.41) is 8.71. The molecule has 19 heavy (non-hydrogen) atoms. The van der Waals surface area contributed by atoms with E-state index in [0.717, 1.165) is 38.9 Å². The van der Waals surface area contributed by atoms with E-state index in [-0.39, 0.29) is 0 Å². The molecule has 1 atom stereocenters. The maximum atomic E-state index is 10.6. The normalized spacial score (nSPS) is 19.7. The molecule has 0 amide bonds. The number of carboxylic acid groups (broad SMARTS) is 1. The molecule has 0 saturated carbocycles. The van der Waals surface area contributed by atoms with Gasteiger partial charge in [-0.1, -0.05) is 31.2 Å². The highest BCUT2D eigenvalue weighted by molar-refractivity contribution is 5.66. The van der Waals surface area contributed by atoms with Gasteiger partial charge in [0.05, 0.1) is 0 Å². The second kappa shape index (κ2) is 6.71. The number of aryl methyl sites for hydroxylation is 1. The molecule has 1 N–H and O–H groups in total. The van der Waals surface area contributed by atoms with Crippen molar-refractivity contribution in [2.75, 3.05) is 13.1 Å². The zero-order valence-corrected chi connectivity index (χ0v) is 11.6. The number of likely N-dealkylation sites (tertiary alicyclic amines) is 1. The molecule has 1 saturated heterocycles.